The number of hydrogen-bond acceptors (Lipinski definition) is 4. The smallest absolute Gasteiger partial charge is 0.228 e. The number of hydrogen-bond donors (Lipinski definition) is 2. The molecule has 22 heavy (non-hydrogen) atoms. The van der Waals surface area contributed by atoms with E-state index in [1.54, 1.807) is 7.11 Å². The van der Waals surface area contributed by atoms with Gasteiger partial charge in [-0.25, -0.2) is 4.98 Å². The number of aryl methyl sites for hydroxylation is 1. The summed E-state index contributed by atoms with van der Waals surface area (Å²) in [6, 6.07) is 0. The fourth-order valence-corrected chi connectivity index (χ4v) is 3.07. The number of aromatic nitrogens is 2. The normalized spacial score (nSPS) is 18.9. The van der Waals surface area contributed by atoms with Crippen LogP contribution in [-0.4, -0.2) is 48.8 Å². The molecule has 6 heteroatoms. The molecule has 0 bridgehead atoms. The van der Waals surface area contributed by atoms with Crippen molar-refractivity contribution in [3.05, 3.63) is 18.2 Å². The predicted octanol–water partition coefficient (Wildman–Crippen LogP) is 0.960. The van der Waals surface area contributed by atoms with E-state index in [4.69, 9.17) is 4.74 Å². The Kier molecular flexibility index (Phi) is 5.97. The molecule has 1 aliphatic heterocycles. The van der Waals surface area contributed by atoms with Crippen molar-refractivity contribution in [3.63, 3.8) is 0 Å². The van der Waals surface area contributed by atoms with Gasteiger partial charge in [0.1, 0.15) is 5.82 Å². The van der Waals surface area contributed by atoms with Gasteiger partial charge < -0.3 is 19.9 Å². The highest BCUT2D eigenvalue weighted by Crippen LogP contribution is 2.29. The Balaban J connectivity index is 1.86. The first kappa shape index (κ1) is 17.0. The lowest BCUT2D eigenvalue weighted by atomic mass is 9.78. The van der Waals surface area contributed by atoms with E-state index in [0.29, 0.717) is 19.1 Å². The van der Waals surface area contributed by atoms with E-state index in [0.717, 1.165) is 38.3 Å². The number of rotatable bonds is 7. The third-order valence-electron chi connectivity index (χ3n) is 4.51. The Morgan fingerprint density at radius 3 is 2.86 bits per heavy atom. The Morgan fingerprint density at radius 2 is 2.27 bits per heavy atom. The monoisotopic (exact) mass is 308 g/mol. The second kappa shape index (κ2) is 7.74. The quantitative estimate of drug-likeness (QED) is 0.787. The lowest BCUT2D eigenvalue weighted by Gasteiger charge is -2.35. The second-order valence-electron chi connectivity index (χ2n) is 6.41. The molecule has 2 N–H and O–H groups in total. The average Bonchev–Trinajstić information content (AvgIpc) is 2.91. The summed E-state index contributed by atoms with van der Waals surface area (Å²) in [5.74, 6) is 1.50. The second-order valence-corrected chi connectivity index (χ2v) is 6.41. The largest absolute Gasteiger partial charge is 0.384 e. The maximum absolute atomic E-state index is 12.6. The number of amides is 1. The summed E-state index contributed by atoms with van der Waals surface area (Å²) in [6.45, 7) is 7.93. The first-order valence-corrected chi connectivity index (χ1v) is 8.03. The van der Waals surface area contributed by atoms with Crippen molar-refractivity contribution in [2.75, 3.05) is 33.4 Å². The molecule has 124 valence electrons. The molecule has 1 aliphatic rings. The molecule has 1 aromatic rings. The number of nitrogens with one attached hydrogen (secondary N) is 2. The van der Waals surface area contributed by atoms with Crippen molar-refractivity contribution in [3.8, 4) is 0 Å². The minimum Gasteiger partial charge on any atom is -0.384 e. The lowest BCUT2D eigenvalue weighted by molar-refractivity contribution is -0.136. The molecule has 1 fully saturated rings. The number of ether oxygens (including phenoxy) is 1. The Morgan fingerprint density at radius 1 is 1.55 bits per heavy atom. The van der Waals surface area contributed by atoms with Crippen LogP contribution < -0.4 is 10.6 Å². The van der Waals surface area contributed by atoms with E-state index in [2.05, 4.69) is 27.1 Å². The van der Waals surface area contributed by atoms with Crippen LogP contribution in [0.1, 0.15) is 25.6 Å². The van der Waals surface area contributed by atoms with E-state index < -0.39 is 0 Å². The molecule has 1 atom stereocenters. The molecular weight excluding hydrogens is 280 g/mol. The summed E-state index contributed by atoms with van der Waals surface area (Å²) in [6.07, 6.45) is 5.46. The maximum Gasteiger partial charge on any atom is 0.228 e. The molecule has 0 radical (unpaired) electrons. The summed E-state index contributed by atoms with van der Waals surface area (Å²) in [4.78, 5) is 16.9. The van der Waals surface area contributed by atoms with Gasteiger partial charge in [0.25, 0.3) is 0 Å². The van der Waals surface area contributed by atoms with Crippen molar-refractivity contribution in [1.82, 2.24) is 20.2 Å². The Labute approximate surface area is 132 Å². The molecule has 1 aromatic heterocycles. The van der Waals surface area contributed by atoms with Gasteiger partial charge >= 0.3 is 0 Å². The molecule has 0 saturated carbocycles. The van der Waals surface area contributed by atoms with Gasteiger partial charge in [0, 0.05) is 32.6 Å². The Bertz CT molecular complexity index is 475. The van der Waals surface area contributed by atoms with Crippen LogP contribution >= 0.6 is 0 Å². The van der Waals surface area contributed by atoms with Crippen LogP contribution in [0.2, 0.25) is 0 Å². The van der Waals surface area contributed by atoms with Crippen LogP contribution in [0, 0.1) is 18.3 Å². The van der Waals surface area contributed by atoms with Gasteiger partial charge in [0.05, 0.1) is 12.0 Å². The number of imidazole rings is 1. The molecule has 1 unspecified atom stereocenters. The molecule has 2 heterocycles. The topological polar surface area (TPSA) is 68.2 Å². The van der Waals surface area contributed by atoms with Gasteiger partial charge in [-0.15, -0.1) is 0 Å². The number of piperidine rings is 1. The first-order valence-electron chi connectivity index (χ1n) is 8.03. The van der Waals surface area contributed by atoms with Crippen LogP contribution in [0.5, 0.6) is 0 Å². The summed E-state index contributed by atoms with van der Waals surface area (Å²) in [7, 11) is 1.67. The number of methoxy groups -OCH3 is 1. The molecule has 0 aromatic carbocycles. The summed E-state index contributed by atoms with van der Waals surface area (Å²) < 4.78 is 7.43. The van der Waals surface area contributed by atoms with E-state index in [9.17, 15) is 4.79 Å². The van der Waals surface area contributed by atoms with Gasteiger partial charge in [-0.3, -0.25) is 4.79 Å². The molecular formula is C16H28N4O2. The lowest BCUT2D eigenvalue weighted by Crippen LogP contribution is -2.50. The van der Waals surface area contributed by atoms with Crippen molar-refractivity contribution in [2.24, 2.45) is 11.3 Å². The molecule has 1 amide bonds. The predicted molar refractivity (Wildman–Crippen MR) is 85.6 cm³/mol. The van der Waals surface area contributed by atoms with Gasteiger partial charge in [-0.1, -0.05) is 6.92 Å². The zero-order chi connectivity index (χ0) is 16.0. The molecule has 0 spiro atoms. The van der Waals surface area contributed by atoms with Crippen molar-refractivity contribution >= 4 is 5.91 Å². The van der Waals surface area contributed by atoms with Crippen LogP contribution in [0.3, 0.4) is 0 Å². The van der Waals surface area contributed by atoms with E-state index in [1.165, 1.54) is 0 Å². The summed E-state index contributed by atoms with van der Waals surface area (Å²) in [5.41, 5.74) is -0.370. The average molecular weight is 308 g/mol. The highest BCUT2D eigenvalue weighted by molar-refractivity contribution is 5.83. The van der Waals surface area contributed by atoms with Crippen LogP contribution in [0.15, 0.2) is 12.4 Å². The summed E-state index contributed by atoms with van der Waals surface area (Å²) in [5, 5.41) is 6.44. The SMILES string of the molecule is COCC1(C(=O)NCC(C)Cn2ccnc2C)CCNCC1. The van der Waals surface area contributed by atoms with Gasteiger partial charge in [0.15, 0.2) is 0 Å². The highest BCUT2D eigenvalue weighted by Gasteiger charge is 2.39. The van der Waals surface area contributed by atoms with E-state index in [1.807, 2.05) is 19.3 Å². The van der Waals surface area contributed by atoms with Crippen LogP contribution in [0.25, 0.3) is 0 Å². The van der Waals surface area contributed by atoms with Crippen molar-refractivity contribution < 1.29 is 9.53 Å². The number of carbonyl (C=O) groups is 1. The van der Waals surface area contributed by atoms with Crippen LogP contribution in [0.4, 0.5) is 0 Å². The molecule has 2 rings (SSSR count). The standard InChI is InChI=1S/C16H28N4O2/c1-13(11-20-9-8-18-14(20)2)10-19-15(21)16(12-22-3)4-6-17-7-5-16/h8-9,13,17H,4-7,10-12H2,1-3H3,(H,19,21). The highest BCUT2D eigenvalue weighted by atomic mass is 16.5. The zero-order valence-electron chi connectivity index (χ0n) is 13.9. The molecule has 1 saturated heterocycles. The minimum atomic E-state index is -0.370. The Hall–Kier alpha value is -1.40. The van der Waals surface area contributed by atoms with E-state index >= 15 is 0 Å². The van der Waals surface area contributed by atoms with E-state index in [-0.39, 0.29) is 11.3 Å². The molecule has 6 nitrogen and oxygen atoms in total. The van der Waals surface area contributed by atoms with Crippen molar-refractivity contribution in [2.45, 2.75) is 33.2 Å². The fourth-order valence-electron chi connectivity index (χ4n) is 3.07. The maximum atomic E-state index is 12.6. The zero-order valence-corrected chi connectivity index (χ0v) is 13.9. The number of carbonyl (C=O) groups excluding carboxylic acids is 1. The van der Waals surface area contributed by atoms with Gasteiger partial charge in [-0.05, 0) is 38.8 Å². The van der Waals surface area contributed by atoms with Gasteiger partial charge in [-0.2, -0.15) is 0 Å². The van der Waals surface area contributed by atoms with Crippen molar-refractivity contribution in [1.29, 1.82) is 0 Å². The fraction of sp³-hybridized carbons (Fsp3) is 0.750. The third-order valence-corrected chi connectivity index (χ3v) is 4.51. The molecule has 0 aliphatic carbocycles. The third kappa shape index (κ3) is 4.08. The first-order chi connectivity index (χ1) is 10.6. The number of nitrogens with zero attached hydrogens (tertiary/aromatic N) is 2. The summed E-state index contributed by atoms with van der Waals surface area (Å²) >= 11 is 0. The minimum absolute atomic E-state index is 0.130. The van der Waals surface area contributed by atoms with Crippen LogP contribution in [-0.2, 0) is 16.1 Å². The van der Waals surface area contributed by atoms with Gasteiger partial charge in [0.2, 0.25) is 5.91 Å².